The molecule has 0 saturated carbocycles. The number of para-hydroxylation sites is 1. The van der Waals surface area contributed by atoms with E-state index < -0.39 is 0 Å². The Kier molecular flexibility index (Phi) is 5.34. The van der Waals surface area contributed by atoms with E-state index in [-0.39, 0.29) is 23.5 Å². The highest BCUT2D eigenvalue weighted by molar-refractivity contribution is 5.98. The quantitative estimate of drug-likeness (QED) is 0.542. The maximum atomic E-state index is 13.2. The van der Waals surface area contributed by atoms with Crippen molar-refractivity contribution < 1.29 is 9.18 Å². The van der Waals surface area contributed by atoms with E-state index in [9.17, 15) is 9.18 Å². The van der Waals surface area contributed by atoms with E-state index in [0.29, 0.717) is 5.69 Å². The second-order valence-corrected chi connectivity index (χ2v) is 6.97. The van der Waals surface area contributed by atoms with E-state index in [2.05, 4.69) is 20.6 Å². The van der Waals surface area contributed by atoms with Crippen LogP contribution in [0.5, 0.6) is 0 Å². The predicted octanol–water partition coefficient (Wildman–Crippen LogP) is 4.27. The second-order valence-electron chi connectivity index (χ2n) is 6.97. The summed E-state index contributed by atoms with van der Waals surface area (Å²) in [5.74, 6) is -0.683. The number of hydrogen-bond donors (Lipinski definition) is 1. The monoisotopic (exact) mass is 401 g/mol. The van der Waals surface area contributed by atoms with Gasteiger partial charge in [-0.05, 0) is 55.3 Å². The van der Waals surface area contributed by atoms with Gasteiger partial charge >= 0.3 is 0 Å². The van der Waals surface area contributed by atoms with Crippen molar-refractivity contribution in [2.75, 3.05) is 0 Å². The SMILES string of the molecule is Cc1ccccc1-n1nnc(C(=O)N[C@H](C)c2ccc(F)cc2)c1-c1ccncc1. The fourth-order valence-corrected chi connectivity index (χ4v) is 3.27. The van der Waals surface area contributed by atoms with E-state index in [1.165, 1.54) is 12.1 Å². The summed E-state index contributed by atoms with van der Waals surface area (Å²) in [6.07, 6.45) is 3.32. The predicted molar refractivity (Wildman–Crippen MR) is 112 cm³/mol. The number of rotatable bonds is 5. The van der Waals surface area contributed by atoms with Gasteiger partial charge in [0.2, 0.25) is 0 Å². The van der Waals surface area contributed by atoms with Crippen LogP contribution in [0.15, 0.2) is 73.1 Å². The Morgan fingerprint density at radius 2 is 1.73 bits per heavy atom. The molecule has 2 aromatic carbocycles. The lowest BCUT2D eigenvalue weighted by Crippen LogP contribution is -2.27. The summed E-state index contributed by atoms with van der Waals surface area (Å²) in [5, 5.41) is 11.4. The zero-order valence-corrected chi connectivity index (χ0v) is 16.6. The third kappa shape index (κ3) is 3.82. The summed E-state index contributed by atoms with van der Waals surface area (Å²) in [6.45, 7) is 3.81. The number of benzene rings is 2. The van der Waals surface area contributed by atoms with Crippen LogP contribution in [0.25, 0.3) is 16.9 Å². The molecule has 0 fully saturated rings. The highest BCUT2D eigenvalue weighted by Crippen LogP contribution is 2.26. The number of nitrogens with zero attached hydrogens (tertiary/aromatic N) is 4. The number of carbonyl (C=O) groups excluding carboxylic acids is 1. The molecule has 6 nitrogen and oxygen atoms in total. The molecule has 30 heavy (non-hydrogen) atoms. The molecule has 1 atom stereocenters. The molecule has 0 aliphatic rings. The molecule has 4 aromatic rings. The van der Waals surface area contributed by atoms with Gasteiger partial charge in [0, 0.05) is 18.0 Å². The van der Waals surface area contributed by atoms with E-state index in [1.54, 1.807) is 29.2 Å². The summed E-state index contributed by atoms with van der Waals surface area (Å²) in [5.41, 5.74) is 4.19. The molecule has 2 heterocycles. The van der Waals surface area contributed by atoms with Gasteiger partial charge in [-0.15, -0.1) is 5.10 Å². The number of aromatic nitrogens is 4. The zero-order chi connectivity index (χ0) is 21.1. The lowest BCUT2D eigenvalue weighted by Gasteiger charge is -2.14. The highest BCUT2D eigenvalue weighted by Gasteiger charge is 2.24. The van der Waals surface area contributed by atoms with Crippen molar-refractivity contribution in [1.29, 1.82) is 0 Å². The van der Waals surface area contributed by atoms with Gasteiger partial charge in [0.05, 0.1) is 11.7 Å². The standard InChI is InChI=1S/C23H20FN5O/c1-15-5-3-4-6-20(15)29-22(18-11-13-25-14-12-18)21(27-28-29)23(30)26-16(2)17-7-9-19(24)10-8-17/h3-14,16H,1-2H3,(H,26,30)/t16-/m1/s1. The van der Waals surface area contributed by atoms with Crippen molar-refractivity contribution in [1.82, 2.24) is 25.3 Å². The van der Waals surface area contributed by atoms with Gasteiger partial charge in [0.25, 0.3) is 5.91 Å². The molecule has 0 aliphatic heterocycles. The van der Waals surface area contributed by atoms with E-state index >= 15 is 0 Å². The fourth-order valence-electron chi connectivity index (χ4n) is 3.27. The Morgan fingerprint density at radius 1 is 1.03 bits per heavy atom. The summed E-state index contributed by atoms with van der Waals surface area (Å²) < 4.78 is 14.9. The normalized spacial score (nSPS) is 11.8. The van der Waals surface area contributed by atoms with E-state index in [0.717, 1.165) is 22.4 Å². The van der Waals surface area contributed by atoms with Crippen molar-refractivity contribution in [3.05, 3.63) is 95.7 Å². The first-order valence-corrected chi connectivity index (χ1v) is 9.53. The minimum atomic E-state index is -0.363. The molecule has 4 rings (SSSR count). The van der Waals surface area contributed by atoms with Crippen molar-refractivity contribution in [3.63, 3.8) is 0 Å². The first-order chi connectivity index (χ1) is 14.5. The molecule has 0 bridgehead atoms. The maximum absolute atomic E-state index is 13.2. The Labute approximate surface area is 173 Å². The van der Waals surface area contributed by atoms with Crippen LogP contribution < -0.4 is 5.32 Å². The first kappa shape index (κ1) is 19.4. The number of amides is 1. The van der Waals surface area contributed by atoms with Crippen molar-refractivity contribution in [2.45, 2.75) is 19.9 Å². The van der Waals surface area contributed by atoms with Gasteiger partial charge in [-0.25, -0.2) is 9.07 Å². The Morgan fingerprint density at radius 3 is 2.43 bits per heavy atom. The van der Waals surface area contributed by atoms with Crippen LogP contribution in [-0.2, 0) is 0 Å². The molecular formula is C23H20FN5O. The Hall–Kier alpha value is -3.87. The largest absolute Gasteiger partial charge is 0.344 e. The van der Waals surface area contributed by atoms with Gasteiger partial charge in [0.15, 0.2) is 5.69 Å². The van der Waals surface area contributed by atoms with Gasteiger partial charge in [-0.1, -0.05) is 35.5 Å². The van der Waals surface area contributed by atoms with Crippen LogP contribution in [-0.4, -0.2) is 25.9 Å². The highest BCUT2D eigenvalue weighted by atomic mass is 19.1. The Balaban J connectivity index is 1.74. The number of nitrogens with one attached hydrogen (secondary N) is 1. The molecule has 0 radical (unpaired) electrons. The smallest absolute Gasteiger partial charge is 0.274 e. The van der Waals surface area contributed by atoms with Crippen LogP contribution in [0.4, 0.5) is 4.39 Å². The number of pyridine rings is 1. The summed E-state index contributed by atoms with van der Waals surface area (Å²) >= 11 is 0. The average molecular weight is 401 g/mol. The molecule has 7 heteroatoms. The topological polar surface area (TPSA) is 72.7 Å². The molecule has 1 N–H and O–H groups in total. The lowest BCUT2D eigenvalue weighted by atomic mass is 10.1. The average Bonchev–Trinajstić information content (AvgIpc) is 3.20. The van der Waals surface area contributed by atoms with Crippen LogP contribution in [0.3, 0.4) is 0 Å². The third-order valence-electron chi connectivity index (χ3n) is 4.90. The molecule has 0 saturated heterocycles. The fraction of sp³-hybridized carbons (Fsp3) is 0.130. The molecular weight excluding hydrogens is 381 g/mol. The van der Waals surface area contributed by atoms with Crippen molar-refractivity contribution in [2.24, 2.45) is 0 Å². The van der Waals surface area contributed by atoms with Gasteiger partial charge in [0.1, 0.15) is 11.5 Å². The molecule has 150 valence electrons. The molecule has 2 aromatic heterocycles. The number of carbonyl (C=O) groups is 1. The summed E-state index contributed by atoms with van der Waals surface area (Å²) in [6, 6.07) is 17.1. The number of aryl methyl sites for hydroxylation is 1. The van der Waals surface area contributed by atoms with Crippen LogP contribution in [0.2, 0.25) is 0 Å². The number of hydrogen-bond acceptors (Lipinski definition) is 4. The summed E-state index contributed by atoms with van der Waals surface area (Å²) in [7, 11) is 0. The van der Waals surface area contributed by atoms with E-state index in [4.69, 9.17) is 0 Å². The molecule has 0 spiro atoms. The van der Waals surface area contributed by atoms with E-state index in [1.807, 2.05) is 50.2 Å². The lowest BCUT2D eigenvalue weighted by molar-refractivity contribution is 0.0935. The second kappa shape index (κ2) is 8.24. The maximum Gasteiger partial charge on any atom is 0.274 e. The van der Waals surface area contributed by atoms with Crippen molar-refractivity contribution in [3.8, 4) is 16.9 Å². The molecule has 0 aliphatic carbocycles. The minimum Gasteiger partial charge on any atom is -0.344 e. The van der Waals surface area contributed by atoms with Crippen LogP contribution in [0.1, 0.15) is 34.6 Å². The summed E-state index contributed by atoms with van der Waals surface area (Å²) in [4.78, 5) is 17.2. The Bertz CT molecular complexity index is 1170. The van der Waals surface area contributed by atoms with Gasteiger partial charge in [-0.2, -0.15) is 0 Å². The van der Waals surface area contributed by atoms with Crippen molar-refractivity contribution >= 4 is 5.91 Å². The third-order valence-corrected chi connectivity index (χ3v) is 4.90. The first-order valence-electron chi connectivity index (χ1n) is 9.53. The van der Waals surface area contributed by atoms with Gasteiger partial charge < -0.3 is 5.32 Å². The number of halogens is 1. The molecule has 1 amide bonds. The minimum absolute atomic E-state index is 0.207. The van der Waals surface area contributed by atoms with Crippen LogP contribution >= 0.6 is 0 Å². The molecule has 0 unspecified atom stereocenters. The van der Waals surface area contributed by atoms with Gasteiger partial charge in [-0.3, -0.25) is 9.78 Å². The zero-order valence-electron chi connectivity index (χ0n) is 16.6. The van der Waals surface area contributed by atoms with Crippen LogP contribution in [0, 0.1) is 12.7 Å².